The zero-order valence-electron chi connectivity index (χ0n) is 10.1. The van der Waals surface area contributed by atoms with Crippen molar-refractivity contribution >= 4 is 9.84 Å². The van der Waals surface area contributed by atoms with Crippen molar-refractivity contribution in [2.24, 2.45) is 0 Å². The van der Waals surface area contributed by atoms with E-state index in [4.69, 9.17) is 0 Å². The standard InChI is InChI=1S/C11H19N3O2S/c1-2-14-10(5-6-13-14)8-12-9-11-4-3-7-17(11,15)16/h5-6,11-12H,2-4,7-9H2,1H3. The highest BCUT2D eigenvalue weighted by atomic mass is 32.2. The number of aryl methyl sites for hydroxylation is 1. The average molecular weight is 257 g/mol. The molecule has 1 aliphatic heterocycles. The molecule has 1 atom stereocenters. The fraction of sp³-hybridized carbons (Fsp3) is 0.727. The van der Waals surface area contributed by atoms with Crippen molar-refractivity contribution in [3.63, 3.8) is 0 Å². The lowest BCUT2D eigenvalue weighted by molar-refractivity contribution is 0.555. The van der Waals surface area contributed by atoms with Gasteiger partial charge in [0.2, 0.25) is 0 Å². The number of nitrogens with zero attached hydrogens (tertiary/aromatic N) is 2. The number of sulfone groups is 1. The molecule has 2 heterocycles. The van der Waals surface area contributed by atoms with Crippen LogP contribution in [0.15, 0.2) is 12.3 Å². The van der Waals surface area contributed by atoms with Crippen LogP contribution in [-0.2, 0) is 22.9 Å². The molecule has 1 unspecified atom stereocenters. The van der Waals surface area contributed by atoms with E-state index in [1.165, 1.54) is 0 Å². The molecule has 96 valence electrons. The van der Waals surface area contributed by atoms with Crippen LogP contribution in [-0.4, -0.2) is 35.7 Å². The first-order chi connectivity index (χ1) is 8.13. The minimum absolute atomic E-state index is 0.194. The van der Waals surface area contributed by atoms with Gasteiger partial charge in [-0.05, 0) is 25.8 Å². The largest absolute Gasteiger partial charge is 0.310 e. The Balaban J connectivity index is 1.84. The van der Waals surface area contributed by atoms with Crippen LogP contribution >= 0.6 is 0 Å². The smallest absolute Gasteiger partial charge is 0.154 e. The van der Waals surface area contributed by atoms with Crippen LogP contribution < -0.4 is 5.32 Å². The Hall–Kier alpha value is -0.880. The van der Waals surface area contributed by atoms with Gasteiger partial charge in [0.05, 0.1) is 16.7 Å². The predicted octanol–water partition coefficient (Wildman–Crippen LogP) is 0.570. The maximum Gasteiger partial charge on any atom is 0.154 e. The quantitative estimate of drug-likeness (QED) is 0.837. The second kappa shape index (κ2) is 5.18. The number of rotatable bonds is 5. The lowest BCUT2D eigenvalue weighted by atomic mass is 10.2. The first kappa shape index (κ1) is 12.6. The van der Waals surface area contributed by atoms with E-state index in [0.29, 0.717) is 18.8 Å². The maximum absolute atomic E-state index is 11.6. The van der Waals surface area contributed by atoms with Gasteiger partial charge < -0.3 is 5.32 Å². The van der Waals surface area contributed by atoms with Crippen LogP contribution in [0.3, 0.4) is 0 Å². The maximum atomic E-state index is 11.6. The van der Waals surface area contributed by atoms with Crippen molar-refractivity contribution in [2.45, 2.75) is 38.1 Å². The van der Waals surface area contributed by atoms with Gasteiger partial charge in [-0.15, -0.1) is 0 Å². The Kier molecular flexibility index (Phi) is 3.83. The van der Waals surface area contributed by atoms with E-state index in [-0.39, 0.29) is 5.25 Å². The summed E-state index contributed by atoms with van der Waals surface area (Å²) in [7, 11) is -2.83. The Bertz CT molecular complexity index is 467. The molecule has 5 nitrogen and oxygen atoms in total. The summed E-state index contributed by atoms with van der Waals surface area (Å²) in [5.41, 5.74) is 1.10. The molecule has 0 amide bonds. The molecule has 0 saturated carbocycles. The molecule has 6 heteroatoms. The highest BCUT2D eigenvalue weighted by Gasteiger charge is 2.30. The van der Waals surface area contributed by atoms with Crippen molar-refractivity contribution in [1.29, 1.82) is 0 Å². The molecule has 2 rings (SSSR count). The first-order valence-corrected chi connectivity index (χ1v) is 7.78. The lowest BCUT2D eigenvalue weighted by Gasteiger charge is -2.11. The molecule has 0 aliphatic carbocycles. The molecule has 1 aromatic heterocycles. The Morgan fingerprint density at radius 3 is 3.06 bits per heavy atom. The van der Waals surface area contributed by atoms with Crippen molar-refractivity contribution in [1.82, 2.24) is 15.1 Å². The molecule has 17 heavy (non-hydrogen) atoms. The van der Waals surface area contributed by atoms with E-state index in [9.17, 15) is 8.42 Å². The monoisotopic (exact) mass is 257 g/mol. The molecule has 1 saturated heterocycles. The number of hydrogen-bond donors (Lipinski definition) is 1. The summed E-state index contributed by atoms with van der Waals surface area (Å²) >= 11 is 0. The van der Waals surface area contributed by atoms with E-state index in [0.717, 1.165) is 25.1 Å². The van der Waals surface area contributed by atoms with Crippen molar-refractivity contribution in [3.05, 3.63) is 18.0 Å². The normalized spacial score (nSPS) is 23.0. The molecule has 1 N–H and O–H groups in total. The average Bonchev–Trinajstić information content (AvgIpc) is 2.86. The third-order valence-electron chi connectivity index (χ3n) is 3.24. The van der Waals surface area contributed by atoms with E-state index in [1.54, 1.807) is 6.20 Å². The fourth-order valence-corrected chi connectivity index (χ4v) is 4.04. The van der Waals surface area contributed by atoms with Crippen molar-refractivity contribution in [3.8, 4) is 0 Å². The van der Waals surface area contributed by atoms with Crippen LogP contribution in [0.4, 0.5) is 0 Å². The number of aromatic nitrogens is 2. The summed E-state index contributed by atoms with van der Waals surface area (Å²) in [6.45, 7) is 4.11. The molecule has 0 bridgehead atoms. The zero-order chi connectivity index (χ0) is 12.3. The van der Waals surface area contributed by atoms with Crippen molar-refractivity contribution in [2.75, 3.05) is 12.3 Å². The first-order valence-electron chi connectivity index (χ1n) is 6.06. The highest BCUT2D eigenvalue weighted by molar-refractivity contribution is 7.92. The zero-order valence-corrected chi connectivity index (χ0v) is 10.9. The lowest BCUT2D eigenvalue weighted by Crippen LogP contribution is -2.30. The summed E-state index contributed by atoms with van der Waals surface area (Å²) in [4.78, 5) is 0. The Labute approximate surface area is 102 Å². The van der Waals surface area contributed by atoms with Crippen LogP contribution in [0.1, 0.15) is 25.5 Å². The highest BCUT2D eigenvalue weighted by Crippen LogP contribution is 2.19. The van der Waals surface area contributed by atoms with Gasteiger partial charge in [-0.25, -0.2) is 8.42 Å². The van der Waals surface area contributed by atoms with E-state index >= 15 is 0 Å². The number of nitrogens with one attached hydrogen (secondary N) is 1. The minimum Gasteiger partial charge on any atom is -0.310 e. The van der Waals surface area contributed by atoms with Gasteiger partial charge in [0.15, 0.2) is 9.84 Å². The summed E-state index contributed by atoms with van der Waals surface area (Å²) < 4.78 is 25.2. The van der Waals surface area contributed by atoms with Gasteiger partial charge in [0, 0.05) is 25.8 Å². The van der Waals surface area contributed by atoms with Gasteiger partial charge in [-0.1, -0.05) is 0 Å². The molecule has 0 aromatic carbocycles. The minimum atomic E-state index is -2.83. The third-order valence-corrected chi connectivity index (χ3v) is 5.52. The molecule has 1 fully saturated rings. The van der Waals surface area contributed by atoms with Gasteiger partial charge in [-0.3, -0.25) is 4.68 Å². The van der Waals surface area contributed by atoms with E-state index < -0.39 is 9.84 Å². The second-order valence-corrected chi connectivity index (χ2v) is 6.80. The molecular weight excluding hydrogens is 238 g/mol. The van der Waals surface area contributed by atoms with Gasteiger partial charge in [-0.2, -0.15) is 5.10 Å². The van der Waals surface area contributed by atoms with Crippen LogP contribution in [0, 0.1) is 0 Å². The molecule has 1 aromatic rings. The van der Waals surface area contributed by atoms with Gasteiger partial charge >= 0.3 is 0 Å². The summed E-state index contributed by atoms with van der Waals surface area (Å²) in [6.07, 6.45) is 3.37. The van der Waals surface area contributed by atoms with E-state index in [1.807, 2.05) is 17.7 Å². The summed E-state index contributed by atoms with van der Waals surface area (Å²) in [5.74, 6) is 0.353. The topological polar surface area (TPSA) is 64.0 Å². The van der Waals surface area contributed by atoms with Gasteiger partial charge in [0.1, 0.15) is 0 Å². The predicted molar refractivity (Wildman–Crippen MR) is 66.4 cm³/mol. The Morgan fingerprint density at radius 2 is 2.41 bits per heavy atom. The molecule has 0 radical (unpaired) electrons. The summed E-state index contributed by atoms with van der Waals surface area (Å²) in [5, 5.41) is 7.20. The summed E-state index contributed by atoms with van der Waals surface area (Å²) in [6, 6.07) is 1.96. The van der Waals surface area contributed by atoms with Crippen molar-refractivity contribution < 1.29 is 8.42 Å². The molecule has 0 spiro atoms. The SMILES string of the molecule is CCn1nccc1CNCC1CCCS1(=O)=O. The van der Waals surface area contributed by atoms with Crippen LogP contribution in [0.25, 0.3) is 0 Å². The third kappa shape index (κ3) is 2.87. The number of hydrogen-bond acceptors (Lipinski definition) is 4. The van der Waals surface area contributed by atoms with Crippen LogP contribution in [0.2, 0.25) is 0 Å². The second-order valence-electron chi connectivity index (χ2n) is 4.40. The Morgan fingerprint density at radius 1 is 1.59 bits per heavy atom. The fourth-order valence-electron chi connectivity index (χ4n) is 2.24. The molecular formula is C11H19N3O2S. The van der Waals surface area contributed by atoms with Crippen LogP contribution in [0.5, 0.6) is 0 Å². The molecule has 1 aliphatic rings. The van der Waals surface area contributed by atoms with E-state index in [2.05, 4.69) is 10.4 Å². The van der Waals surface area contributed by atoms with Gasteiger partial charge in [0.25, 0.3) is 0 Å².